The van der Waals surface area contributed by atoms with Crippen molar-refractivity contribution >= 4 is 46.1 Å². The van der Waals surface area contributed by atoms with Gasteiger partial charge in [-0.2, -0.15) is 0 Å². The molecule has 0 aliphatic carbocycles. The molecule has 1 heterocycles. The first-order chi connectivity index (χ1) is 7.66. The fourth-order valence-electron chi connectivity index (χ4n) is 1.50. The minimum Gasteiger partial charge on any atom is -0.117 e. The average Bonchev–Trinajstić information content (AvgIpc) is 2.59. The smallest absolute Gasteiger partial charge is 0.0991 e. The van der Waals surface area contributed by atoms with Gasteiger partial charge in [-0.05, 0) is 18.1 Å². The van der Waals surface area contributed by atoms with E-state index in [1.165, 1.54) is 16.9 Å². The van der Waals surface area contributed by atoms with E-state index >= 15 is 0 Å². The van der Waals surface area contributed by atoms with Gasteiger partial charge in [0.2, 0.25) is 0 Å². The Kier molecular flexibility index (Phi) is 4.15. The SMILES string of the molecule is Clc1cc(C(Cl)Cc2ccccc2)c(Cl)s1. The summed E-state index contributed by atoms with van der Waals surface area (Å²) in [5.74, 6) is 0. The maximum atomic E-state index is 6.32. The Bertz CT molecular complexity index is 464. The molecule has 0 nitrogen and oxygen atoms in total. The van der Waals surface area contributed by atoms with Crippen LogP contribution in [-0.4, -0.2) is 0 Å². The van der Waals surface area contributed by atoms with Gasteiger partial charge in [-0.1, -0.05) is 53.5 Å². The van der Waals surface area contributed by atoms with Gasteiger partial charge < -0.3 is 0 Å². The number of hydrogen-bond donors (Lipinski definition) is 0. The van der Waals surface area contributed by atoms with E-state index in [4.69, 9.17) is 34.8 Å². The van der Waals surface area contributed by atoms with Gasteiger partial charge >= 0.3 is 0 Å². The fraction of sp³-hybridized carbons (Fsp3) is 0.167. The molecule has 0 saturated heterocycles. The highest BCUT2D eigenvalue weighted by atomic mass is 35.5. The first-order valence-electron chi connectivity index (χ1n) is 4.79. The van der Waals surface area contributed by atoms with Gasteiger partial charge in [0, 0.05) is 5.56 Å². The van der Waals surface area contributed by atoms with Crippen LogP contribution >= 0.6 is 46.1 Å². The largest absolute Gasteiger partial charge is 0.117 e. The summed E-state index contributed by atoms with van der Waals surface area (Å²) in [6.07, 6.45) is 0.759. The van der Waals surface area contributed by atoms with Crippen molar-refractivity contribution in [1.82, 2.24) is 0 Å². The normalized spacial score (nSPS) is 12.7. The van der Waals surface area contributed by atoms with Crippen molar-refractivity contribution in [2.45, 2.75) is 11.8 Å². The minimum absolute atomic E-state index is 0.126. The Morgan fingerprint density at radius 3 is 2.38 bits per heavy atom. The lowest BCUT2D eigenvalue weighted by Crippen LogP contribution is -1.94. The van der Waals surface area contributed by atoms with Gasteiger partial charge in [0.1, 0.15) is 0 Å². The zero-order chi connectivity index (χ0) is 11.5. The van der Waals surface area contributed by atoms with Crippen molar-refractivity contribution in [3.05, 3.63) is 56.2 Å². The third kappa shape index (κ3) is 2.92. The van der Waals surface area contributed by atoms with Crippen LogP contribution in [0.4, 0.5) is 0 Å². The molecule has 0 fully saturated rings. The highest BCUT2D eigenvalue weighted by molar-refractivity contribution is 7.20. The van der Waals surface area contributed by atoms with Crippen LogP contribution in [0, 0.1) is 0 Å². The molecule has 0 saturated carbocycles. The zero-order valence-electron chi connectivity index (χ0n) is 8.29. The van der Waals surface area contributed by atoms with E-state index < -0.39 is 0 Å². The van der Waals surface area contributed by atoms with E-state index in [1.807, 2.05) is 24.3 Å². The number of alkyl halides is 1. The standard InChI is InChI=1S/C12H9Cl3S/c13-10(6-8-4-2-1-3-5-8)9-7-11(14)16-12(9)15/h1-5,7,10H,6H2. The Balaban J connectivity index is 2.14. The van der Waals surface area contributed by atoms with Crippen molar-refractivity contribution in [2.75, 3.05) is 0 Å². The highest BCUT2D eigenvalue weighted by Gasteiger charge is 2.15. The molecular weight excluding hydrogens is 283 g/mol. The molecule has 0 aliphatic rings. The van der Waals surface area contributed by atoms with Crippen LogP contribution in [0.25, 0.3) is 0 Å². The molecule has 1 atom stereocenters. The second-order valence-corrected chi connectivity index (χ2v) is 6.25. The maximum Gasteiger partial charge on any atom is 0.0991 e. The Morgan fingerprint density at radius 1 is 1.12 bits per heavy atom. The van der Waals surface area contributed by atoms with Gasteiger partial charge in [-0.15, -0.1) is 22.9 Å². The first-order valence-corrected chi connectivity index (χ1v) is 6.80. The Labute approximate surface area is 114 Å². The van der Waals surface area contributed by atoms with Gasteiger partial charge in [0.15, 0.2) is 0 Å². The quantitative estimate of drug-likeness (QED) is 0.648. The molecule has 0 radical (unpaired) electrons. The third-order valence-corrected chi connectivity index (χ3v) is 4.19. The van der Waals surface area contributed by atoms with Crippen molar-refractivity contribution in [1.29, 1.82) is 0 Å². The number of hydrogen-bond acceptors (Lipinski definition) is 1. The number of halogens is 3. The monoisotopic (exact) mass is 290 g/mol. The summed E-state index contributed by atoms with van der Waals surface area (Å²) in [4.78, 5) is 0. The second kappa shape index (κ2) is 5.42. The van der Waals surface area contributed by atoms with Crippen LogP contribution in [0.2, 0.25) is 8.67 Å². The Hall–Kier alpha value is -0.210. The summed E-state index contributed by atoms with van der Waals surface area (Å²) in [5.41, 5.74) is 2.11. The van der Waals surface area contributed by atoms with Crippen molar-refractivity contribution in [3.63, 3.8) is 0 Å². The fourth-order valence-corrected chi connectivity index (χ4v) is 3.55. The van der Waals surface area contributed by atoms with E-state index in [-0.39, 0.29) is 5.38 Å². The van der Waals surface area contributed by atoms with Crippen LogP contribution in [-0.2, 0) is 6.42 Å². The number of rotatable bonds is 3. The predicted octanol–water partition coefficient (Wildman–Crippen LogP) is 5.58. The summed E-state index contributed by atoms with van der Waals surface area (Å²) in [6, 6.07) is 11.9. The maximum absolute atomic E-state index is 6.32. The zero-order valence-corrected chi connectivity index (χ0v) is 11.4. The third-order valence-electron chi connectivity index (χ3n) is 2.28. The highest BCUT2D eigenvalue weighted by Crippen LogP contribution is 2.38. The minimum atomic E-state index is -0.126. The van der Waals surface area contributed by atoms with E-state index in [1.54, 1.807) is 0 Å². The lowest BCUT2D eigenvalue weighted by atomic mass is 10.1. The van der Waals surface area contributed by atoms with Gasteiger partial charge in [-0.25, -0.2) is 0 Å². The van der Waals surface area contributed by atoms with Gasteiger partial charge in [0.25, 0.3) is 0 Å². The number of benzene rings is 1. The first kappa shape index (κ1) is 12.3. The summed E-state index contributed by atoms with van der Waals surface area (Å²) in [6.45, 7) is 0. The lowest BCUT2D eigenvalue weighted by Gasteiger charge is -2.08. The second-order valence-electron chi connectivity index (χ2n) is 3.44. The number of thiophene rings is 1. The molecule has 1 aromatic heterocycles. The molecule has 84 valence electrons. The summed E-state index contributed by atoms with van der Waals surface area (Å²) in [5, 5.41) is -0.126. The molecular formula is C12H9Cl3S. The summed E-state index contributed by atoms with van der Waals surface area (Å²) in [7, 11) is 0. The predicted molar refractivity (Wildman–Crippen MR) is 73.1 cm³/mol. The van der Waals surface area contributed by atoms with Crippen molar-refractivity contribution in [3.8, 4) is 0 Å². The molecule has 0 N–H and O–H groups in total. The molecule has 0 aliphatic heterocycles. The van der Waals surface area contributed by atoms with E-state index in [0.717, 1.165) is 12.0 Å². The lowest BCUT2D eigenvalue weighted by molar-refractivity contribution is 0.925. The van der Waals surface area contributed by atoms with Crippen LogP contribution in [0.3, 0.4) is 0 Å². The molecule has 16 heavy (non-hydrogen) atoms. The van der Waals surface area contributed by atoms with E-state index in [9.17, 15) is 0 Å². The molecule has 0 amide bonds. The topological polar surface area (TPSA) is 0 Å². The molecule has 1 unspecified atom stereocenters. The van der Waals surface area contributed by atoms with Crippen molar-refractivity contribution < 1.29 is 0 Å². The molecule has 1 aromatic carbocycles. The molecule has 0 bridgehead atoms. The molecule has 0 spiro atoms. The van der Waals surface area contributed by atoms with Crippen LogP contribution in [0.1, 0.15) is 16.5 Å². The van der Waals surface area contributed by atoms with Gasteiger partial charge in [-0.3, -0.25) is 0 Å². The van der Waals surface area contributed by atoms with Gasteiger partial charge in [0.05, 0.1) is 14.0 Å². The summed E-state index contributed by atoms with van der Waals surface area (Å²) < 4.78 is 1.36. The van der Waals surface area contributed by atoms with Crippen LogP contribution in [0.5, 0.6) is 0 Å². The van der Waals surface area contributed by atoms with E-state index in [2.05, 4.69) is 12.1 Å². The average molecular weight is 292 g/mol. The van der Waals surface area contributed by atoms with Crippen molar-refractivity contribution in [2.24, 2.45) is 0 Å². The van der Waals surface area contributed by atoms with E-state index in [0.29, 0.717) is 8.67 Å². The molecule has 2 rings (SSSR count). The van der Waals surface area contributed by atoms with Crippen LogP contribution < -0.4 is 0 Å². The molecule has 2 aromatic rings. The summed E-state index contributed by atoms with van der Waals surface area (Å²) >= 11 is 19.6. The van der Waals surface area contributed by atoms with Crippen LogP contribution in [0.15, 0.2) is 36.4 Å². The molecule has 4 heteroatoms. The Morgan fingerprint density at radius 2 is 1.81 bits per heavy atom.